The Balaban J connectivity index is 1.87. The van der Waals surface area contributed by atoms with Crippen LogP contribution >= 0.6 is 11.6 Å². The quantitative estimate of drug-likeness (QED) is 0.801. The van der Waals surface area contributed by atoms with Gasteiger partial charge in [0.05, 0.1) is 0 Å². The van der Waals surface area contributed by atoms with E-state index in [1.165, 1.54) is 6.07 Å². The Morgan fingerprint density at radius 2 is 2.00 bits per heavy atom. The predicted molar refractivity (Wildman–Crippen MR) is 87.8 cm³/mol. The Morgan fingerprint density at radius 1 is 1.21 bits per heavy atom. The lowest BCUT2D eigenvalue weighted by Crippen LogP contribution is -2.36. The number of nitrogens with one attached hydrogen (secondary N) is 1. The molecule has 0 radical (unpaired) electrons. The van der Waals surface area contributed by atoms with Crippen molar-refractivity contribution in [1.82, 2.24) is 5.32 Å². The predicted octanol–water partition coefficient (Wildman–Crippen LogP) is 4.73. The number of ether oxygens (including phenoxy) is 1. The number of alkyl halides is 3. The molecule has 1 aliphatic heterocycles. The van der Waals surface area contributed by atoms with Gasteiger partial charge in [0, 0.05) is 29.4 Å². The molecule has 0 saturated heterocycles. The van der Waals surface area contributed by atoms with Crippen LogP contribution in [0.5, 0.6) is 11.5 Å². The first-order valence-electron chi connectivity index (χ1n) is 7.46. The highest BCUT2D eigenvalue weighted by Crippen LogP contribution is 2.39. The molecule has 0 amide bonds. The second-order valence-electron chi connectivity index (χ2n) is 5.54. The summed E-state index contributed by atoms with van der Waals surface area (Å²) in [5.74, 6) is 1.08. The molecule has 128 valence electrons. The number of hydrogen-bond donors (Lipinski definition) is 1. The SMILES string of the molecule is CNCc1ccc(Cl)cc1Oc1ccc2c(c1)CCN2C(F)(F)F. The van der Waals surface area contributed by atoms with Crippen molar-refractivity contribution in [2.75, 3.05) is 18.5 Å². The molecule has 2 aromatic carbocycles. The monoisotopic (exact) mass is 356 g/mol. The van der Waals surface area contributed by atoms with Crippen LogP contribution in [-0.2, 0) is 13.0 Å². The minimum absolute atomic E-state index is 0.0650. The zero-order chi connectivity index (χ0) is 17.3. The molecule has 24 heavy (non-hydrogen) atoms. The Hall–Kier alpha value is -1.92. The summed E-state index contributed by atoms with van der Waals surface area (Å²) in [5.41, 5.74) is 1.73. The summed E-state index contributed by atoms with van der Waals surface area (Å²) in [6.45, 7) is 0.531. The van der Waals surface area contributed by atoms with Crippen LogP contribution in [0.4, 0.5) is 18.9 Å². The highest BCUT2D eigenvalue weighted by molar-refractivity contribution is 6.30. The lowest BCUT2D eigenvalue weighted by atomic mass is 10.1. The number of anilines is 1. The molecule has 0 atom stereocenters. The molecule has 0 aromatic heterocycles. The second-order valence-corrected chi connectivity index (χ2v) is 5.98. The number of benzene rings is 2. The summed E-state index contributed by atoms with van der Waals surface area (Å²) < 4.78 is 44.7. The molecule has 0 saturated carbocycles. The van der Waals surface area contributed by atoms with Crippen LogP contribution in [0.25, 0.3) is 0 Å². The van der Waals surface area contributed by atoms with E-state index < -0.39 is 6.30 Å². The third kappa shape index (κ3) is 3.44. The molecule has 1 N–H and O–H groups in total. The molecule has 0 fully saturated rings. The summed E-state index contributed by atoms with van der Waals surface area (Å²) in [4.78, 5) is 0.456. The van der Waals surface area contributed by atoms with Gasteiger partial charge in [0.25, 0.3) is 0 Å². The van der Waals surface area contributed by atoms with Gasteiger partial charge in [-0.3, -0.25) is 4.90 Å². The van der Waals surface area contributed by atoms with Crippen molar-refractivity contribution in [3.63, 3.8) is 0 Å². The third-order valence-electron chi connectivity index (χ3n) is 3.88. The molecule has 1 aliphatic rings. The Kier molecular flexibility index (Phi) is 4.60. The van der Waals surface area contributed by atoms with E-state index in [0.29, 0.717) is 40.0 Å². The smallest absolute Gasteiger partial charge is 0.457 e. The maximum absolute atomic E-state index is 12.9. The summed E-state index contributed by atoms with van der Waals surface area (Å²) in [6, 6.07) is 9.98. The summed E-state index contributed by atoms with van der Waals surface area (Å²) >= 11 is 6.01. The largest absolute Gasteiger partial charge is 0.484 e. The average molecular weight is 357 g/mol. The second kappa shape index (κ2) is 6.53. The van der Waals surface area contributed by atoms with Gasteiger partial charge in [-0.15, -0.1) is 0 Å². The third-order valence-corrected chi connectivity index (χ3v) is 4.11. The summed E-state index contributed by atoms with van der Waals surface area (Å²) in [6.07, 6.45) is -4.02. The standard InChI is InChI=1S/C17H16ClF3N2O/c1-22-10-12-2-3-13(18)9-16(12)24-14-4-5-15-11(8-14)6-7-23(15)17(19,20)21/h2-5,8-9,22H,6-7,10H2,1H3. The number of nitrogens with zero attached hydrogens (tertiary/aromatic N) is 1. The van der Waals surface area contributed by atoms with E-state index in [1.54, 1.807) is 24.3 Å². The fraction of sp³-hybridized carbons (Fsp3) is 0.294. The highest BCUT2D eigenvalue weighted by atomic mass is 35.5. The van der Waals surface area contributed by atoms with Crippen LogP contribution in [0.3, 0.4) is 0 Å². The molecule has 7 heteroatoms. The van der Waals surface area contributed by atoms with Crippen molar-refractivity contribution < 1.29 is 17.9 Å². The minimum Gasteiger partial charge on any atom is -0.457 e. The van der Waals surface area contributed by atoms with Gasteiger partial charge in [0.1, 0.15) is 11.5 Å². The van der Waals surface area contributed by atoms with E-state index in [2.05, 4.69) is 5.32 Å². The van der Waals surface area contributed by atoms with Crippen LogP contribution in [0.2, 0.25) is 5.02 Å². The van der Waals surface area contributed by atoms with Crippen molar-refractivity contribution in [2.45, 2.75) is 19.3 Å². The van der Waals surface area contributed by atoms with Crippen molar-refractivity contribution in [1.29, 1.82) is 0 Å². The number of fused-ring (bicyclic) bond motifs is 1. The van der Waals surface area contributed by atoms with Crippen LogP contribution in [0.1, 0.15) is 11.1 Å². The fourth-order valence-electron chi connectivity index (χ4n) is 2.79. The number of hydrogen-bond acceptors (Lipinski definition) is 3. The first-order chi connectivity index (χ1) is 11.4. The van der Waals surface area contributed by atoms with E-state index in [4.69, 9.17) is 16.3 Å². The van der Waals surface area contributed by atoms with Crippen LogP contribution in [-0.4, -0.2) is 19.9 Å². The molecular weight excluding hydrogens is 341 g/mol. The summed E-state index contributed by atoms with van der Waals surface area (Å²) in [7, 11) is 1.82. The highest BCUT2D eigenvalue weighted by Gasteiger charge is 2.41. The lowest BCUT2D eigenvalue weighted by Gasteiger charge is -2.22. The van der Waals surface area contributed by atoms with E-state index in [0.717, 1.165) is 5.56 Å². The molecule has 0 bridgehead atoms. The van der Waals surface area contributed by atoms with Gasteiger partial charge >= 0.3 is 6.30 Å². The first kappa shape index (κ1) is 16.9. The van der Waals surface area contributed by atoms with Gasteiger partial charge < -0.3 is 10.1 Å². The molecule has 0 spiro atoms. The van der Waals surface area contributed by atoms with Gasteiger partial charge in [0.2, 0.25) is 0 Å². The molecule has 3 rings (SSSR count). The Morgan fingerprint density at radius 3 is 2.71 bits per heavy atom. The normalized spacial score (nSPS) is 14.0. The van der Waals surface area contributed by atoms with Crippen molar-refractivity contribution in [2.24, 2.45) is 0 Å². The number of rotatable bonds is 4. The van der Waals surface area contributed by atoms with Crippen molar-refractivity contribution >= 4 is 17.3 Å². The van der Waals surface area contributed by atoms with Crippen LogP contribution in [0.15, 0.2) is 36.4 Å². The zero-order valence-electron chi connectivity index (χ0n) is 13.0. The van der Waals surface area contributed by atoms with Gasteiger partial charge in [-0.1, -0.05) is 17.7 Å². The van der Waals surface area contributed by atoms with E-state index in [1.807, 2.05) is 13.1 Å². The summed E-state index contributed by atoms with van der Waals surface area (Å²) in [5, 5.41) is 3.58. The Labute approximate surface area is 143 Å². The van der Waals surface area contributed by atoms with E-state index in [-0.39, 0.29) is 12.2 Å². The maximum Gasteiger partial charge on any atom is 0.484 e. The first-order valence-corrected chi connectivity index (χ1v) is 7.84. The Bertz CT molecular complexity index is 749. The van der Waals surface area contributed by atoms with Crippen LogP contribution < -0.4 is 15.0 Å². The van der Waals surface area contributed by atoms with Crippen molar-refractivity contribution in [3.05, 3.63) is 52.5 Å². The van der Waals surface area contributed by atoms with Gasteiger partial charge in [-0.05, 0) is 49.4 Å². The molecule has 0 aliphatic carbocycles. The molecule has 0 unspecified atom stereocenters. The topological polar surface area (TPSA) is 24.5 Å². The molecular formula is C17H16ClF3N2O. The van der Waals surface area contributed by atoms with E-state index >= 15 is 0 Å². The average Bonchev–Trinajstić information content (AvgIpc) is 2.93. The molecule has 3 nitrogen and oxygen atoms in total. The zero-order valence-corrected chi connectivity index (χ0v) is 13.7. The van der Waals surface area contributed by atoms with Crippen LogP contribution in [0, 0.1) is 0 Å². The van der Waals surface area contributed by atoms with E-state index in [9.17, 15) is 13.2 Å². The fourth-order valence-corrected chi connectivity index (χ4v) is 2.95. The maximum atomic E-state index is 12.9. The van der Waals surface area contributed by atoms with Gasteiger partial charge in [-0.2, -0.15) is 13.2 Å². The molecule has 1 heterocycles. The molecule has 2 aromatic rings. The number of halogens is 4. The van der Waals surface area contributed by atoms with Crippen molar-refractivity contribution in [3.8, 4) is 11.5 Å². The van der Waals surface area contributed by atoms with Gasteiger partial charge in [-0.25, -0.2) is 0 Å². The van der Waals surface area contributed by atoms with Gasteiger partial charge in [0.15, 0.2) is 0 Å². The lowest BCUT2D eigenvalue weighted by molar-refractivity contribution is -0.127. The minimum atomic E-state index is -4.36.